The summed E-state index contributed by atoms with van der Waals surface area (Å²) in [7, 11) is 0. The van der Waals surface area contributed by atoms with Crippen molar-refractivity contribution >= 4 is 11.9 Å². The standard InChI is InChI=1S/C15H21NO4/c1-2-5-20-7-10(15(18)19)16-14(17)13-11-8-3-4-9(6-8)12(11)13/h2,8-13H,1,3-7H2,(H,16,17)(H,18,19). The smallest absolute Gasteiger partial charge is 0.328 e. The van der Waals surface area contributed by atoms with Gasteiger partial charge in [-0.15, -0.1) is 6.58 Å². The topological polar surface area (TPSA) is 75.6 Å². The summed E-state index contributed by atoms with van der Waals surface area (Å²) in [4.78, 5) is 23.4. The molecule has 5 heteroatoms. The Morgan fingerprint density at radius 1 is 1.35 bits per heavy atom. The van der Waals surface area contributed by atoms with Gasteiger partial charge in [-0.3, -0.25) is 4.79 Å². The van der Waals surface area contributed by atoms with Crippen LogP contribution in [0.25, 0.3) is 0 Å². The lowest BCUT2D eigenvalue weighted by Gasteiger charge is -2.16. The van der Waals surface area contributed by atoms with Crippen LogP contribution in [0, 0.1) is 29.6 Å². The molecule has 3 saturated carbocycles. The van der Waals surface area contributed by atoms with E-state index in [0.29, 0.717) is 30.3 Å². The Morgan fingerprint density at radius 3 is 2.55 bits per heavy atom. The summed E-state index contributed by atoms with van der Waals surface area (Å²) in [6.45, 7) is 3.78. The van der Waals surface area contributed by atoms with Gasteiger partial charge in [0.15, 0.2) is 6.04 Å². The average molecular weight is 279 g/mol. The highest BCUT2D eigenvalue weighted by atomic mass is 16.5. The van der Waals surface area contributed by atoms with Crippen LogP contribution in [-0.4, -0.2) is 36.2 Å². The van der Waals surface area contributed by atoms with Crippen molar-refractivity contribution in [2.45, 2.75) is 25.3 Å². The van der Waals surface area contributed by atoms with Crippen molar-refractivity contribution in [3.8, 4) is 0 Å². The number of carboxylic acid groups (broad SMARTS) is 1. The zero-order valence-corrected chi connectivity index (χ0v) is 11.5. The van der Waals surface area contributed by atoms with Gasteiger partial charge in [-0.05, 0) is 42.9 Å². The van der Waals surface area contributed by atoms with Crippen molar-refractivity contribution in [3.05, 3.63) is 12.7 Å². The normalized spacial score (nSPS) is 38.1. The predicted octanol–water partition coefficient (Wildman–Crippen LogP) is 1.05. The lowest BCUT2D eigenvalue weighted by molar-refractivity contribution is -0.143. The van der Waals surface area contributed by atoms with E-state index in [1.807, 2.05) is 0 Å². The molecule has 5 nitrogen and oxygen atoms in total. The second-order valence-corrected chi connectivity index (χ2v) is 6.24. The Morgan fingerprint density at radius 2 is 2.00 bits per heavy atom. The van der Waals surface area contributed by atoms with E-state index < -0.39 is 12.0 Å². The van der Waals surface area contributed by atoms with E-state index in [1.165, 1.54) is 19.3 Å². The number of fused-ring (bicyclic) bond motifs is 5. The fourth-order valence-electron chi connectivity index (χ4n) is 4.39. The van der Waals surface area contributed by atoms with E-state index in [0.717, 1.165) is 0 Å². The molecule has 0 heterocycles. The Labute approximate surface area is 118 Å². The number of ether oxygens (including phenoxy) is 1. The molecule has 2 bridgehead atoms. The van der Waals surface area contributed by atoms with Crippen LogP contribution in [0.5, 0.6) is 0 Å². The molecule has 0 aliphatic heterocycles. The molecular weight excluding hydrogens is 258 g/mol. The molecule has 0 radical (unpaired) electrons. The fraction of sp³-hybridized carbons (Fsp3) is 0.733. The monoisotopic (exact) mass is 279 g/mol. The van der Waals surface area contributed by atoms with Crippen LogP contribution in [0.3, 0.4) is 0 Å². The third kappa shape index (κ3) is 2.24. The first-order chi connectivity index (χ1) is 9.63. The third-order valence-corrected chi connectivity index (χ3v) is 5.17. The minimum atomic E-state index is -1.05. The molecule has 0 aromatic carbocycles. The number of amides is 1. The maximum absolute atomic E-state index is 12.2. The van der Waals surface area contributed by atoms with Crippen LogP contribution in [0.15, 0.2) is 12.7 Å². The van der Waals surface area contributed by atoms with E-state index in [-0.39, 0.29) is 18.4 Å². The number of aliphatic carboxylic acids is 1. The van der Waals surface area contributed by atoms with E-state index >= 15 is 0 Å². The van der Waals surface area contributed by atoms with Crippen molar-refractivity contribution in [1.82, 2.24) is 5.32 Å². The molecule has 2 N–H and O–H groups in total. The molecule has 20 heavy (non-hydrogen) atoms. The number of nitrogens with one attached hydrogen (secondary N) is 1. The van der Waals surface area contributed by atoms with Crippen LogP contribution >= 0.6 is 0 Å². The zero-order chi connectivity index (χ0) is 14.3. The first-order valence-electron chi connectivity index (χ1n) is 7.35. The minimum Gasteiger partial charge on any atom is -0.480 e. The molecule has 0 aromatic rings. The van der Waals surface area contributed by atoms with Gasteiger partial charge in [-0.2, -0.15) is 0 Å². The molecule has 3 aliphatic carbocycles. The highest BCUT2D eigenvalue weighted by Crippen LogP contribution is 2.69. The molecule has 110 valence electrons. The summed E-state index contributed by atoms with van der Waals surface area (Å²) < 4.78 is 5.14. The first kappa shape index (κ1) is 13.6. The number of hydrogen-bond donors (Lipinski definition) is 2. The summed E-state index contributed by atoms with van der Waals surface area (Å²) in [5, 5.41) is 11.8. The molecule has 0 aromatic heterocycles. The highest BCUT2D eigenvalue weighted by molar-refractivity contribution is 5.87. The Bertz CT molecular complexity index is 420. The van der Waals surface area contributed by atoms with Crippen molar-refractivity contribution in [3.63, 3.8) is 0 Å². The van der Waals surface area contributed by atoms with Crippen molar-refractivity contribution in [1.29, 1.82) is 0 Å². The van der Waals surface area contributed by atoms with Crippen LogP contribution in [-0.2, 0) is 14.3 Å². The molecule has 0 saturated heterocycles. The lowest BCUT2D eigenvalue weighted by Crippen LogP contribution is -2.45. The summed E-state index contributed by atoms with van der Waals surface area (Å²) in [5.74, 6) is 1.39. The van der Waals surface area contributed by atoms with Crippen LogP contribution in [0.2, 0.25) is 0 Å². The Balaban J connectivity index is 1.53. The van der Waals surface area contributed by atoms with Crippen LogP contribution in [0.4, 0.5) is 0 Å². The average Bonchev–Trinajstić information content (AvgIpc) is 2.86. The van der Waals surface area contributed by atoms with Gasteiger partial charge >= 0.3 is 5.97 Å². The second-order valence-electron chi connectivity index (χ2n) is 6.24. The van der Waals surface area contributed by atoms with Crippen LogP contribution in [0.1, 0.15) is 19.3 Å². The summed E-state index contributed by atoms with van der Waals surface area (Å²) in [6.07, 6.45) is 5.34. The van der Waals surface area contributed by atoms with Crippen molar-refractivity contribution in [2.24, 2.45) is 29.6 Å². The summed E-state index contributed by atoms with van der Waals surface area (Å²) >= 11 is 0. The van der Waals surface area contributed by atoms with E-state index in [1.54, 1.807) is 6.08 Å². The van der Waals surface area contributed by atoms with Gasteiger partial charge in [-0.1, -0.05) is 6.08 Å². The van der Waals surface area contributed by atoms with E-state index in [9.17, 15) is 9.59 Å². The molecule has 3 aliphatic rings. The fourth-order valence-corrected chi connectivity index (χ4v) is 4.39. The van der Waals surface area contributed by atoms with Gasteiger partial charge in [0.1, 0.15) is 0 Å². The van der Waals surface area contributed by atoms with Gasteiger partial charge in [0.2, 0.25) is 5.91 Å². The molecule has 3 fully saturated rings. The number of carboxylic acids is 1. The maximum atomic E-state index is 12.2. The summed E-state index contributed by atoms with van der Waals surface area (Å²) in [6, 6.07) is -0.957. The predicted molar refractivity (Wildman–Crippen MR) is 71.9 cm³/mol. The van der Waals surface area contributed by atoms with Crippen LogP contribution < -0.4 is 5.32 Å². The van der Waals surface area contributed by atoms with Gasteiger partial charge < -0.3 is 15.2 Å². The second kappa shape index (κ2) is 5.20. The number of rotatable bonds is 7. The molecule has 1 amide bonds. The molecule has 5 unspecified atom stereocenters. The molecule has 3 rings (SSSR count). The molecule has 5 atom stereocenters. The van der Waals surface area contributed by atoms with Gasteiger partial charge in [-0.25, -0.2) is 4.79 Å². The number of carbonyl (C=O) groups excluding carboxylic acids is 1. The highest BCUT2D eigenvalue weighted by Gasteiger charge is 2.67. The van der Waals surface area contributed by atoms with Gasteiger partial charge in [0.05, 0.1) is 13.2 Å². The number of carbonyl (C=O) groups is 2. The quantitative estimate of drug-likeness (QED) is 0.539. The summed E-state index contributed by atoms with van der Waals surface area (Å²) in [5.41, 5.74) is 0. The van der Waals surface area contributed by atoms with Gasteiger partial charge in [0, 0.05) is 5.92 Å². The molecular formula is C15H21NO4. The Hall–Kier alpha value is -1.36. The largest absolute Gasteiger partial charge is 0.480 e. The van der Waals surface area contributed by atoms with Crippen molar-refractivity contribution in [2.75, 3.05) is 13.2 Å². The maximum Gasteiger partial charge on any atom is 0.328 e. The van der Waals surface area contributed by atoms with E-state index in [4.69, 9.17) is 9.84 Å². The molecule has 0 spiro atoms. The minimum absolute atomic E-state index is 0.0119. The third-order valence-electron chi connectivity index (χ3n) is 5.17. The van der Waals surface area contributed by atoms with E-state index in [2.05, 4.69) is 11.9 Å². The van der Waals surface area contributed by atoms with Crippen molar-refractivity contribution < 1.29 is 19.4 Å². The first-order valence-corrected chi connectivity index (χ1v) is 7.35. The van der Waals surface area contributed by atoms with Gasteiger partial charge in [0.25, 0.3) is 0 Å². The lowest BCUT2D eigenvalue weighted by atomic mass is 10.0. The SMILES string of the molecule is C=CCOCC(NC(=O)C1C2C3CCC(C3)C12)C(=O)O. The Kier molecular flexibility index (Phi) is 3.54. The number of hydrogen-bond acceptors (Lipinski definition) is 3. The zero-order valence-electron chi connectivity index (χ0n) is 11.5.